The first kappa shape index (κ1) is 21.9. The molecule has 0 saturated carbocycles. The summed E-state index contributed by atoms with van der Waals surface area (Å²) >= 11 is 1.81. The minimum absolute atomic E-state index is 0. The van der Waals surface area contributed by atoms with Crippen LogP contribution in [0.25, 0.3) is 0 Å². The molecule has 0 bridgehead atoms. The summed E-state index contributed by atoms with van der Waals surface area (Å²) in [5.41, 5.74) is 2.53. The molecular formula is C20H30IN5S. The second kappa shape index (κ2) is 10.8. The number of aryl methyl sites for hydroxylation is 2. The van der Waals surface area contributed by atoms with Gasteiger partial charge in [0.2, 0.25) is 0 Å². The Morgan fingerprint density at radius 2 is 2.11 bits per heavy atom. The summed E-state index contributed by atoms with van der Waals surface area (Å²) in [4.78, 5) is 12.9. The average molecular weight is 499 g/mol. The molecule has 0 aliphatic carbocycles. The van der Waals surface area contributed by atoms with E-state index >= 15 is 0 Å². The number of rotatable bonds is 6. The molecule has 2 N–H and O–H groups in total. The van der Waals surface area contributed by atoms with E-state index in [0.717, 1.165) is 44.9 Å². The molecule has 1 fully saturated rings. The van der Waals surface area contributed by atoms with E-state index in [1.807, 2.05) is 18.4 Å². The molecule has 1 aromatic heterocycles. The van der Waals surface area contributed by atoms with Gasteiger partial charge in [0.1, 0.15) is 0 Å². The van der Waals surface area contributed by atoms with Crippen LogP contribution in [0.2, 0.25) is 0 Å². The Kier molecular flexibility index (Phi) is 8.82. The van der Waals surface area contributed by atoms with Crippen LogP contribution in [0.5, 0.6) is 0 Å². The number of nitrogens with one attached hydrogen (secondary N) is 2. The summed E-state index contributed by atoms with van der Waals surface area (Å²) in [5, 5.41) is 8.20. The molecule has 0 amide bonds. The average Bonchev–Trinajstić information content (AvgIpc) is 3.28. The van der Waals surface area contributed by atoms with Crippen LogP contribution in [0, 0.1) is 6.92 Å². The highest BCUT2D eigenvalue weighted by molar-refractivity contribution is 14.0. The van der Waals surface area contributed by atoms with Crippen molar-refractivity contribution in [2.45, 2.75) is 39.2 Å². The van der Waals surface area contributed by atoms with Crippen molar-refractivity contribution in [3.63, 3.8) is 0 Å². The first-order valence-corrected chi connectivity index (χ1v) is 10.2. The third-order valence-electron chi connectivity index (χ3n) is 4.78. The van der Waals surface area contributed by atoms with E-state index in [-0.39, 0.29) is 24.0 Å². The van der Waals surface area contributed by atoms with Crippen LogP contribution in [0.4, 0.5) is 5.69 Å². The zero-order valence-electron chi connectivity index (χ0n) is 16.4. The lowest BCUT2D eigenvalue weighted by Crippen LogP contribution is -2.45. The molecular weight excluding hydrogens is 469 g/mol. The van der Waals surface area contributed by atoms with Gasteiger partial charge in [0.25, 0.3) is 0 Å². The number of aromatic nitrogens is 1. The van der Waals surface area contributed by atoms with Gasteiger partial charge in [-0.1, -0.05) is 25.1 Å². The van der Waals surface area contributed by atoms with Crippen molar-refractivity contribution in [1.82, 2.24) is 15.6 Å². The van der Waals surface area contributed by atoms with Crippen LogP contribution in [0.1, 0.15) is 28.9 Å². The van der Waals surface area contributed by atoms with Crippen LogP contribution in [-0.4, -0.2) is 43.7 Å². The molecule has 1 aliphatic rings. The third kappa shape index (κ3) is 6.07. The van der Waals surface area contributed by atoms with E-state index in [2.05, 4.69) is 64.7 Å². The number of para-hydroxylation sites is 1. The fourth-order valence-corrected chi connectivity index (χ4v) is 4.37. The predicted molar refractivity (Wildman–Crippen MR) is 127 cm³/mol. The van der Waals surface area contributed by atoms with Crippen molar-refractivity contribution in [1.29, 1.82) is 0 Å². The molecule has 1 saturated heterocycles. The van der Waals surface area contributed by atoms with Crippen LogP contribution in [0.3, 0.4) is 0 Å². The lowest BCUT2D eigenvalue weighted by molar-refractivity contribution is 0.648. The number of guanidine groups is 1. The van der Waals surface area contributed by atoms with Gasteiger partial charge in [-0.2, -0.15) is 0 Å². The third-order valence-corrected chi connectivity index (χ3v) is 5.85. The molecule has 1 aromatic carbocycles. The number of anilines is 1. The van der Waals surface area contributed by atoms with E-state index in [4.69, 9.17) is 4.98 Å². The number of hydrogen-bond donors (Lipinski definition) is 2. The van der Waals surface area contributed by atoms with Gasteiger partial charge in [-0.15, -0.1) is 35.3 Å². The number of hydrogen-bond acceptors (Lipinski definition) is 4. The fourth-order valence-electron chi connectivity index (χ4n) is 3.35. The fraction of sp³-hybridized carbons (Fsp3) is 0.500. The first-order chi connectivity index (χ1) is 12.7. The molecule has 2 aromatic rings. The highest BCUT2D eigenvalue weighted by Crippen LogP contribution is 2.20. The summed E-state index contributed by atoms with van der Waals surface area (Å²) in [6.45, 7) is 7.26. The zero-order chi connectivity index (χ0) is 18.4. The van der Waals surface area contributed by atoms with Gasteiger partial charge in [-0.3, -0.25) is 4.99 Å². The molecule has 0 radical (unpaired) electrons. The molecule has 3 rings (SSSR count). The normalized spacial score (nSPS) is 16.9. The lowest BCUT2D eigenvalue weighted by atomic mass is 10.2. The molecule has 2 heterocycles. The van der Waals surface area contributed by atoms with Crippen molar-refractivity contribution < 1.29 is 0 Å². The van der Waals surface area contributed by atoms with Gasteiger partial charge >= 0.3 is 0 Å². The van der Waals surface area contributed by atoms with Crippen molar-refractivity contribution in [3.05, 3.63) is 45.9 Å². The van der Waals surface area contributed by atoms with E-state index < -0.39 is 0 Å². The van der Waals surface area contributed by atoms with Crippen LogP contribution in [0.15, 0.2) is 35.3 Å². The molecule has 7 heteroatoms. The van der Waals surface area contributed by atoms with Crippen LogP contribution in [-0.2, 0) is 12.8 Å². The van der Waals surface area contributed by atoms with Gasteiger partial charge in [-0.05, 0) is 31.9 Å². The van der Waals surface area contributed by atoms with Gasteiger partial charge < -0.3 is 15.5 Å². The Hall–Kier alpha value is -1.35. The van der Waals surface area contributed by atoms with Crippen molar-refractivity contribution in [3.8, 4) is 0 Å². The maximum atomic E-state index is 4.71. The number of benzene rings is 1. The number of thiazole rings is 1. The topological polar surface area (TPSA) is 52.6 Å². The maximum Gasteiger partial charge on any atom is 0.191 e. The Labute approximate surface area is 183 Å². The molecule has 27 heavy (non-hydrogen) atoms. The highest BCUT2D eigenvalue weighted by atomic mass is 127. The van der Waals surface area contributed by atoms with Gasteiger partial charge in [0, 0.05) is 49.7 Å². The number of aliphatic imine (C=N–C) groups is 1. The Morgan fingerprint density at radius 1 is 1.33 bits per heavy atom. The SMILES string of the molecule is CCc1nc(CCNC(=NC)NC2CCN(c3ccccc3)C2)sc1C.I. The predicted octanol–water partition coefficient (Wildman–Crippen LogP) is 3.62. The van der Waals surface area contributed by atoms with Gasteiger partial charge in [-0.25, -0.2) is 4.98 Å². The largest absolute Gasteiger partial charge is 0.369 e. The highest BCUT2D eigenvalue weighted by Gasteiger charge is 2.23. The molecule has 1 aliphatic heterocycles. The second-order valence-electron chi connectivity index (χ2n) is 6.62. The summed E-state index contributed by atoms with van der Waals surface area (Å²) in [5.74, 6) is 0.883. The zero-order valence-corrected chi connectivity index (χ0v) is 19.5. The van der Waals surface area contributed by atoms with Crippen LogP contribution < -0.4 is 15.5 Å². The molecule has 0 spiro atoms. The van der Waals surface area contributed by atoms with Gasteiger partial charge in [0.05, 0.1) is 10.7 Å². The van der Waals surface area contributed by atoms with Crippen molar-refractivity contribution >= 4 is 47.0 Å². The standard InChI is InChI=1S/C20H29N5S.HI/c1-4-18-15(2)26-19(24-18)10-12-22-20(21-3)23-16-11-13-25(14-16)17-8-6-5-7-9-17;/h5-9,16H,4,10-14H2,1-3H3,(H2,21,22,23);1H. The quantitative estimate of drug-likeness (QED) is 0.362. The minimum Gasteiger partial charge on any atom is -0.369 e. The number of halogens is 1. The van der Waals surface area contributed by atoms with E-state index in [1.165, 1.54) is 21.3 Å². The lowest BCUT2D eigenvalue weighted by Gasteiger charge is -2.20. The Balaban J connectivity index is 0.00000261. The monoisotopic (exact) mass is 499 g/mol. The maximum absolute atomic E-state index is 4.71. The van der Waals surface area contributed by atoms with E-state index in [1.54, 1.807) is 0 Å². The summed E-state index contributed by atoms with van der Waals surface area (Å²) in [7, 11) is 1.84. The second-order valence-corrected chi connectivity index (χ2v) is 7.91. The van der Waals surface area contributed by atoms with Crippen LogP contribution >= 0.6 is 35.3 Å². The minimum atomic E-state index is 0. The van der Waals surface area contributed by atoms with Crippen molar-refractivity contribution in [2.24, 2.45) is 4.99 Å². The summed E-state index contributed by atoms with van der Waals surface area (Å²) < 4.78 is 0. The Morgan fingerprint density at radius 3 is 2.78 bits per heavy atom. The number of nitrogens with zero attached hydrogens (tertiary/aromatic N) is 3. The molecule has 1 atom stereocenters. The van der Waals surface area contributed by atoms with Gasteiger partial charge in [0.15, 0.2) is 5.96 Å². The summed E-state index contributed by atoms with van der Waals surface area (Å²) in [6, 6.07) is 11.0. The van der Waals surface area contributed by atoms with E-state index in [0.29, 0.717) is 6.04 Å². The first-order valence-electron chi connectivity index (χ1n) is 9.42. The molecule has 1 unspecified atom stereocenters. The summed E-state index contributed by atoms with van der Waals surface area (Å²) in [6.07, 6.45) is 3.08. The Bertz CT molecular complexity index is 731. The smallest absolute Gasteiger partial charge is 0.191 e. The molecule has 148 valence electrons. The van der Waals surface area contributed by atoms with E-state index in [9.17, 15) is 0 Å². The van der Waals surface area contributed by atoms with Crippen molar-refractivity contribution in [2.75, 3.05) is 31.6 Å². The molecule has 5 nitrogen and oxygen atoms in total.